The molecule has 5 nitrogen and oxygen atoms in total. The fraction of sp³-hybridized carbons (Fsp3) is 0.632. The molecule has 140 valence electrons. The number of rotatable bonds is 6. The van der Waals surface area contributed by atoms with Crippen molar-refractivity contribution in [2.75, 3.05) is 39.9 Å². The summed E-state index contributed by atoms with van der Waals surface area (Å²) in [6.45, 7) is 10.7. The monoisotopic (exact) mass is 366 g/mol. The predicted molar refractivity (Wildman–Crippen MR) is 105 cm³/mol. The lowest BCUT2D eigenvalue weighted by atomic mass is 10.0. The van der Waals surface area contributed by atoms with Gasteiger partial charge in [0, 0.05) is 37.7 Å². The summed E-state index contributed by atoms with van der Waals surface area (Å²) in [5, 5.41) is 7.71. The Morgan fingerprint density at radius 1 is 1.28 bits per heavy atom. The summed E-state index contributed by atoms with van der Waals surface area (Å²) in [5.41, 5.74) is 1.22. The third-order valence-electron chi connectivity index (χ3n) is 4.77. The summed E-state index contributed by atoms with van der Waals surface area (Å²) in [5.74, 6) is 1.38. The fourth-order valence-corrected chi connectivity index (χ4v) is 3.03. The van der Waals surface area contributed by atoms with Crippen LogP contribution >= 0.6 is 11.6 Å². The molecule has 1 aliphatic rings. The number of aliphatic imine (C=N–C) groups is 1. The van der Waals surface area contributed by atoms with Gasteiger partial charge in [0.1, 0.15) is 0 Å². The van der Waals surface area contributed by atoms with E-state index in [1.54, 1.807) is 0 Å². The van der Waals surface area contributed by atoms with E-state index in [-0.39, 0.29) is 6.04 Å². The standard InChI is InChI=1S/C19H31ClN4O/c1-14(2)15(3)23-19(21-4)22-13-18(24-8-10-25-11-9-24)16-6-5-7-17(20)12-16/h5-7,12,14-15,18H,8-11,13H2,1-4H3,(H2,21,22,23). The van der Waals surface area contributed by atoms with Crippen molar-refractivity contribution in [2.24, 2.45) is 10.9 Å². The summed E-state index contributed by atoms with van der Waals surface area (Å²) in [6.07, 6.45) is 0. The molecule has 1 fully saturated rings. The summed E-state index contributed by atoms with van der Waals surface area (Å²) >= 11 is 6.22. The Labute approximate surface area is 156 Å². The van der Waals surface area contributed by atoms with E-state index in [1.807, 2.05) is 19.2 Å². The van der Waals surface area contributed by atoms with Crippen molar-refractivity contribution in [1.82, 2.24) is 15.5 Å². The average molecular weight is 367 g/mol. The van der Waals surface area contributed by atoms with Crippen molar-refractivity contribution in [2.45, 2.75) is 32.9 Å². The van der Waals surface area contributed by atoms with Crippen molar-refractivity contribution >= 4 is 17.6 Å². The first-order valence-corrected chi connectivity index (χ1v) is 9.43. The molecule has 25 heavy (non-hydrogen) atoms. The van der Waals surface area contributed by atoms with Crippen LogP contribution in [0, 0.1) is 5.92 Å². The molecule has 0 aromatic heterocycles. The highest BCUT2D eigenvalue weighted by molar-refractivity contribution is 6.30. The van der Waals surface area contributed by atoms with Crippen LogP contribution in [0.5, 0.6) is 0 Å². The molecule has 0 radical (unpaired) electrons. The minimum Gasteiger partial charge on any atom is -0.379 e. The van der Waals surface area contributed by atoms with Crippen molar-refractivity contribution in [3.8, 4) is 0 Å². The molecule has 0 amide bonds. The number of morpholine rings is 1. The Hall–Kier alpha value is -1.30. The maximum Gasteiger partial charge on any atom is 0.191 e. The van der Waals surface area contributed by atoms with E-state index in [9.17, 15) is 0 Å². The number of hydrogen-bond donors (Lipinski definition) is 2. The highest BCUT2D eigenvalue weighted by Gasteiger charge is 2.23. The molecule has 2 N–H and O–H groups in total. The molecule has 0 aliphatic carbocycles. The van der Waals surface area contributed by atoms with Gasteiger partial charge in [0.05, 0.1) is 19.3 Å². The van der Waals surface area contributed by atoms with Crippen LogP contribution < -0.4 is 10.6 Å². The Morgan fingerprint density at radius 2 is 2.00 bits per heavy atom. The van der Waals surface area contributed by atoms with E-state index < -0.39 is 0 Å². The molecule has 0 spiro atoms. The van der Waals surface area contributed by atoms with E-state index in [4.69, 9.17) is 16.3 Å². The van der Waals surface area contributed by atoms with Gasteiger partial charge in [0.15, 0.2) is 5.96 Å². The molecule has 1 aromatic rings. The molecule has 1 aliphatic heterocycles. The van der Waals surface area contributed by atoms with E-state index in [2.05, 4.69) is 53.4 Å². The molecular formula is C19H31ClN4O. The van der Waals surface area contributed by atoms with Gasteiger partial charge >= 0.3 is 0 Å². The number of nitrogens with zero attached hydrogens (tertiary/aromatic N) is 2. The van der Waals surface area contributed by atoms with E-state index >= 15 is 0 Å². The van der Waals surface area contributed by atoms with Crippen molar-refractivity contribution in [3.05, 3.63) is 34.9 Å². The zero-order valence-corrected chi connectivity index (χ0v) is 16.5. The maximum absolute atomic E-state index is 6.22. The average Bonchev–Trinajstić information content (AvgIpc) is 2.61. The Morgan fingerprint density at radius 3 is 2.60 bits per heavy atom. The first-order valence-electron chi connectivity index (χ1n) is 9.05. The normalized spacial score (nSPS) is 18.9. The molecule has 2 unspecified atom stereocenters. The summed E-state index contributed by atoms with van der Waals surface area (Å²) in [6, 6.07) is 8.71. The Bertz CT molecular complexity index is 558. The van der Waals surface area contributed by atoms with Crippen LogP contribution in [0.4, 0.5) is 0 Å². The molecule has 2 rings (SSSR count). The van der Waals surface area contributed by atoms with Crippen molar-refractivity contribution in [3.63, 3.8) is 0 Å². The number of halogens is 1. The van der Waals surface area contributed by atoms with Crippen molar-refractivity contribution < 1.29 is 4.74 Å². The molecule has 1 aromatic carbocycles. The fourth-order valence-electron chi connectivity index (χ4n) is 2.83. The van der Waals surface area contributed by atoms with Crippen LogP contribution in [0.2, 0.25) is 5.02 Å². The van der Waals surface area contributed by atoms with Gasteiger partial charge in [-0.2, -0.15) is 0 Å². The molecule has 0 saturated carbocycles. The van der Waals surface area contributed by atoms with Crippen LogP contribution in [0.1, 0.15) is 32.4 Å². The number of nitrogens with one attached hydrogen (secondary N) is 2. The van der Waals surface area contributed by atoms with Gasteiger partial charge in [-0.1, -0.05) is 37.6 Å². The van der Waals surface area contributed by atoms with Crippen LogP contribution in [0.3, 0.4) is 0 Å². The topological polar surface area (TPSA) is 48.9 Å². The lowest BCUT2D eigenvalue weighted by molar-refractivity contribution is 0.0170. The van der Waals surface area contributed by atoms with Crippen LogP contribution in [0.15, 0.2) is 29.3 Å². The van der Waals surface area contributed by atoms with Gasteiger partial charge in [-0.15, -0.1) is 0 Å². The summed E-state index contributed by atoms with van der Waals surface area (Å²) in [4.78, 5) is 6.81. The first-order chi connectivity index (χ1) is 12.0. The smallest absolute Gasteiger partial charge is 0.191 e. The van der Waals surface area contributed by atoms with Gasteiger partial charge in [-0.05, 0) is 30.5 Å². The molecule has 1 heterocycles. The first kappa shape index (κ1) is 20.0. The minimum absolute atomic E-state index is 0.232. The number of hydrogen-bond acceptors (Lipinski definition) is 3. The van der Waals surface area contributed by atoms with Gasteiger partial charge < -0.3 is 15.4 Å². The van der Waals surface area contributed by atoms with Gasteiger partial charge in [-0.25, -0.2) is 0 Å². The maximum atomic E-state index is 6.22. The highest BCUT2D eigenvalue weighted by atomic mass is 35.5. The molecule has 6 heteroatoms. The van der Waals surface area contributed by atoms with Crippen molar-refractivity contribution in [1.29, 1.82) is 0 Å². The zero-order valence-electron chi connectivity index (χ0n) is 15.8. The Kier molecular flexibility index (Phi) is 8.00. The van der Waals surface area contributed by atoms with E-state index in [0.29, 0.717) is 12.0 Å². The van der Waals surface area contributed by atoms with Crippen LogP contribution in [0.25, 0.3) is 0 Å². The third kappa shape index (κ3) is 6.17. The minimum atomic E-state index is 0.232. The predicted octanol–water partition coefficient (Wildman–Crippen LogP) is 2.92. The lowest BCUT2D eigenvalue weighted by Crippen LogP contribution is -2.48. The zero-order chi connectivity index (χ0) is 18.2. The van der Waals surface area contributed by atoms with Gasteiger partial charge in [-0.3, -0.25) is 9.89 Å². The van der Waals surface area contributed by atoms with Gasteiger partial charge in [0.25, 0.3) is 0 Å². The number of ether oxygens (including phenoxy) is 1. The second-order valence-electron chi connectivity index (χ2n) is 6.85. The molecule has 1 saturated heterocycles. The highest BCUT2D eigenvalue weighted by Crippen LogP contribution is 2.23. The second-order valence-corrected chi connectivity index (χ2v) is 7.29. The third-order valence-corrected chi connectivity index (χ3v) is 5.01. The summed E-state index contributed by atoms with van der Waals surface area (Å²) < 4.78 is 5.51. The summed E-state index contributed by atoms with van der Waals surface area (Å²) in [7, 11) is 1.81. The van der Waals surface area contributed by atoms with Gasteiger partial charge in [0.2, 0.25) is 0 Å². The van der Waals surface area contributed by atoms with E-state index in [0.717, 1.165) is 43.8 Å². The van der Waals surface area contributed by atoms with Crippen LogP contribution in [-0.4, -0.2) is 56.8 Å². The number of benzene rings is 1. The molecule has 0 bridgehead atoms. The quantitative estimate of drug-likeness (QED) is 0.600. The van der Waals surface area contributed by atoms with Crippen LogP contribution in [-0.2, 0) is 4.74 Å². The Balaban J connectivity index is 2.07. The second kappa shape index (κ2) is 10.00. The lowest BCUT2D eigenvalue weighted by Gasteiger charge is -2.35. The SMILES string of the molecule is CN=C(NCC(c1cccc(Cl)c1)N1CCOCC1)NC(C)C(C)C. The molecular weight excluding hydrogens is 336 g/mol. The number of guanidine groups is 1. The van der Waals surface area contributed by atoms with E-state index in [1.165, 1.54) is 5.56 Å². The molecule has 2 atom stereocenters. The largest absolute Gasteiger partial charge is 0.379 e.